The molecule has 2 aromatic rings. The molecule has 1 atom stereocenters. The highest BCUT2D eigenvalue weighted by atomic mass is 35.5. The standard InChI is InChI=1S/C18H26N6O.ClH/c25-18(17-8-11-24(22-17)16-6-3-9-19-13-16)20-12-14-7-10-23(21-14)15-4-1-2-5-15;/h7-8,10-11,15-16,19H,1-6,9,12-13H2,(H,20,25);1H. The molecule has 7 nitrogen and oxygen atoms in total. The van der Waals surface area contributed by atoms with Crippen molar-refractivity contribution in [2.45, 2.75) is 57.2 Å². The molecule has 2 fully saturated rings. The summed E-state index contributed by atoms with van der Waals surface area (Å²) in [5.41, 5.74) is 1.37. The SMILES string of the molecule is Cl.O=C(NCc1ccn(C2CCCC2)n1)c1ccn(C2CCCNC2)n1. The second-order valence-electron chi connectivity index (χ2n) is 7.09. The minimum atomic E-state index is -0.141. The van der Waals surface area contributed by atoms with Gasteiger partial charge in [-0.15, -0.1) is 12.4 Å². The first kappa shape index (κ1) is 18.9. The van der Waals surface area contributed by atoms with Crippen molar-refractivity contribution in [2.24, 2.45) is 0 Å². The lowest BCUT2D eigenvalue weighted by atomic mass is 10.1. The summed E-state index contributed by atoms with van der Waals surface area (Å²) in [4.78, 5) is 12.3. The van der Waals surface area contributed by atoms with E-state index >= 15 is 0 Å². The van der Waals surface area contributed by atoms with Gasteiger partial charge in [0.25, 0.3) is 5.91 Å². The number of nitrogens with zero attached hydrogens (tertiary/aromatic N) is 4. The Hall–Kier alpha value is -1.86. The minimum absolute atomic E-state index is 0. The third-order valence-electron chi connectivity index (χ3n) is 5.28. The lowest BCUT2D eigenvalue weighted by Gasteiger charge is -2.22. The Bertz CT molecular complexity index is 715. The Labute approximate surface area is 159 Å². The van der Waals surface area contributed by atoms with Crippen LogP contribution < -0.4 is 10.6 Å². The molecule has 8 heteroatoms. The molecular weight excluding hydrogens is 352 g/mol. The number of carbonyl (C=O) groups is 1. The molecular formula is C18H27ClN6O. The monoisotopic (exact) mass is 378 g/mol. The summed E-state index contributed by atoms with van der Waals surface area (Å²) < 4.78 is 3.97. The molecule has 0 bridgehead atoms. The maximum absolute atomic E-state index is 12.3. The van der Waals surface area contributed by atoms with Crippen LogP contribution in [0.2, 0.25) is 0 Å². The number of hydrogen-bond acceptors (Lipinski definition) is 4. The van der Waals surface area contributed by atoms with Crippen LogP contribution in [0.3, 0.4) is 0 Å². The Kier molecular flexibility index (Phi) is 6.32. The van der Waals surface area contributed by atoms with E-state index < -0.39 is 0 Å². The van der Waals surface area contributed by atoms with Gasteiger partial charge in [0.1, 0.15) is 5.69 Å². The van der Waals surface area contributed by atoms with Crippen LogP contribution in [0.1, 0.15) is 66.8 Å². The van der Waals surface area contributed by atoms with Crippen molar-refractivity contribution in [1.82, 2.24) is 30.2 Å². The molecule has 3 heterocycles. The zero-order valence-electron chi connectivity index (χ0n) is 14.9. The van der Waals surface area contributed by atoms with Crippen LogP contribution in [0.5, 0.6) is 0 Å². The van der Waals surface area contributed by atoms with Crippen LogP contribution in [0.15, 0.2) is 24.5 Å². The molecule has 142 valence electrons. The quantitative estimate of drug-likeness (QED) is 0.837. The molecule has 1 aliphatic heterocycles. The first-order valence-corrected chi connectivity index (χ1v) is 9.38. The molecule has 1 saturated heterocycles. The topological polar surface area (TPSA) is 76.8 Å². The summed E-state index contributed by atoms with van der Waals surface area (Å²) in [6.07, 6.45) is 11.2. The summed E-state index contributed by atoms with van der Waals surface area (Å²) >= 11 is 0. The molecule has 1 amide bonds. The molecule has 1 saturated carbocycles. The van der Waals surface area contributed by atoms with E-state index in [2.05, 4.69) is 25.5 Å². The molecule has 0 radical (unpaired) electrons. The Morgan fingerprint density at radius 1 is 1.08 bits per heavy atom. The van der Waals surface area contributed by atoms with Gasteiger partial charge in [0.2, 0.25) is 0 Å². The van der Waals surface area contributed by atoms with Crippen molar-refractivity contribution in [1.29, 1.82) is 0 Å². The molecule has 0 spiro atoms. The van der Waals surface area contributed by atoms with E-state index in [0.717, 1.165) is 31.6 Å². The maximum Gasteiger partial charge on any atom is 0.272 e. The smallest absolute Gasteiger partial charge is 0.272 e. The number of amides is 1. The molecule has 2 N–H and O–H groups in total. The number of hydrogen-bond donors (Lipinski definition) is 2. The van der Waals surface area contributed by atoms with Crippen LogP contribution in [0.4, 0.5) is 0 Å². The Morgan fingerprint density at radius 3 is 2.58 bits per heavy atom. The van der Waals surface area contributed by atoms with Crippen molar-refractivity contribution in [3.05, 3.63) is 35.9 Å². The lowest BCUT2D eigenvalue weighted by Crippen LogP contribution is -2.32. The van der Waals surface area contributed by atoms with Gasteiger partial charge in [0, 0.05) is 18.9 Å². The minimum Gasteiger partial charge on any atom is -0.345 e. The zero-order valence-corrected chi connectivity index (χ0v) is 15.7. The normalized spacial score (nSPS) is 20.7. The highest BCUT2D eigenvalue weighted by Crippen LogP contribution is 2.28. The number of nitrogens with one attached hydrogen (secondary N) is 2. The number of piperidine rings is 1. The van der Waals surface area contributed by atoms with Crippen molar-refractivity contribution in [3.63, 3.8) is 0 Å². The molecule has 2 aromatic heterocycles. The van der Waals surface area contributed by atoms with Gasteiger partial charge >= 0.3 is 0 Å². The summed E-state index contributed by atoms with van der Waals surface area (Å²) in [6, 6.07) is 4.66. The van der Waals surface area contributed by atoms with E-state index in [9.17, 15) is 4.79 Å². The van der Waals surface area contributed by atoms with Crippen LogP contribution in [-0.2, 0) is 6.54 Å². The molecule has 1 unspecified atom stereocenters. The Balaban J connectivity index is 0.00000196. The number of halogens is 1. The van der Waals surface area contributed by atoms with E-state index in [4.69, 9.17) is 0 Å². The summed E-state index contributed by atoms with van der Waals surface area (Å²) in [6.45, 7) is 2.43. The third-order valence-corrected chi connectivity index (χ3v) is 5.28. The van der Waals surface area contributed by atoms with Gasteiger partial charge in [-0.2, -0.15) is 10.2 Å². The van der Waals surface area contributed by atoms with Crippen molar-refractivity contribution >= 4 is 18.3 Å². The zero-order chi connectivity index (χ0) is 17.1. The van der Waals surface area contributed by atoms with Crippen molar-refractivity contribution in [2.75, 3.05) is 13.1 Å². The van der Waals surface area contributed by atoms with Gasteiger partial charge in [0.15, 0.2) is 0 Å². The highest BCUT2D eigenvalue weighted by molar-refractivity contribution is 5.92. The fourth-order valence-electron chi connectivity index (χ4n) is 3.83. The average Bonchev–Trinajstić information content (AvgIpc) is 3.41. The van der Waals surface area contributed by atoms with Gasteiger partial charge in [-0.05, 0) is 44.4 Å². The van der Waals surface area contributed by atoms with Crippen LogP contribution in [0.25, 0.3) is 0 Å². The van der Waals surface area contributed by atoms with E-state index in [-0.39, 0.29) is 18.3 Å². The predicted molar refractivity (Wildman–Crippen MR) is 102 cm³/mol. The summed E-state index contributed by atoms with van der Waals surface area (Å²) in [5.74, 6) is -0.141. The number of aromatic nitrogens is 4. The fourth-order valence-corrected chi connectivity index (χ4v) is 3.83. The average molecular weight is 379 g/mol. The number of rotatable bonds is 5. The molecule has 26 heavy (non-hydrogen) atoms. The van der Waals surface area contributed by atoms with Gasteiger partial charge in [-0.3, -0.25) is 14.2 Å². The lowest BCUT2D eigenvalue weighted by molar-refractivity contribution is 0.0944. The molecule has 2 aliphatic rings. The summed E-state index contributed by atoms with van der Waals surface area (Å²) in [7, 11) is 0. The van der Waals surface area contributed by atoms with Gasteiger partial charge in [-0.25, -0.2) is 0 Å². The van der Waals surface area contributed by atoms with Gasteiger partial charge in [-0.1, -0.05) is 12.8 Å². The molecule has 4 rings (SSSR count). The highest BCUT2D eigenvalue weighted by Gasteiger charge is 2.19. The fraction of sp³-hybridized carbons (Fsp3) is 0.611. The van der Waals surface area contributed by atoms with Crippen LogP contribution in [-0.4, -0.2) is 38.6 Å². The summed E-state index contributed by atoms with van der Waals surface area (Å²) in [5, 5.41) is 15.4. The number of carbonyl (C=O) groups excluding carboxylic acids is 1. The van der Waals surface area contributed by atoms with Gasteiger partial charge in [0.05, 0.1) is 24.3 Å². The molecule has 1 aliphatic carbocycles. The van der Waals surface area contributed by atoms with Crippen molar-refractivity contribution in [3.8, 4) is 0 Å². The van der Waals surface area contributed by atoms with E-state index in [1.165, 1.54) is 25.7 Å². The van der Waals surface area contributed by atoms with Crippen molar-refractivity contribution < 1.29 is 4.79 Å². The van der Waals surface area contributed by atoms with E-state index in [0.29, 0.717) is 24.3 Å². The second-order valence-corrected chi connectivity index (χ2v) is 7.09. The second kappa shape index (κ2) is 8.68. The first-order chi connectivity index (χ1) is 12.3. The third kappa shape index (κ3) is 4.27. The van der Waals surface area contributed by atoms with Gasteiger partial charge < -0.3 is 10.6 Å². The molecule has 0 aromatic carbocycles. The van der Waals surface area contributed by atoms with E-state index in [1.54, 1.807) is 6.07 Å². The van der Waals surface area contributed by atoms with Crippen LogP contribution >= 0.6 is 12.4 Å². The first-order valence-electron chi connectivity index (χ1n) is 9.38. The van der Waals surface area contributed by atoms with Crippen LogP contribution in [0, 0.1) is 0 Å². The largest absolute Gasteiger partial charge is 0.345 e. The predicted octanol–water partition coefficient (Wildman–Crippen LogP) is 2.47. The van der Waals surface area contributed by atoms with E-state index in [1.807, 2.05) is 23.1 Å². The Morgan fingerprint density at radius 2 is 1.81 bits per heavy atom. The maximum atomic E-state index is 12.3.